The fourth-order valence-corrected chi connectivity index (χ4v) is 2.66. The Hall–Kier alpha value is -1.21. The van der Waals surface area contributed by atoms with Gasteiger partial charge in [0.1, 0.15) is 0 Å². The number of H-pyrrole nitrogens is 1. The van der Waals surface area contributed by atoms with Crippen LogP contribution in [-0.2, 0) is 6.54 Å². The number of nitrogens with zero attached hydrogens (tertiary/aromatic N) is 4. The SMILES string of the molecule is CC(C)Cn1c(-c2cnc(N(C)C)s2)n[nH]c1=S. The second kappa shape index (κ2) is 5.19. The molecule has 0 aliphatic heterocycles. The van der Waals surface area contributed by atoms with Gasteiger partial charge in [0, 0.05) is 20.6 Å². The molecule has 0 saturated carbocycles. The summed E-state index contributed by atoms with van der Waals surface area (Å²) in [7, 11) is 3.96. The van der Waals surface area contributed by atoms with Crippen LogP contribution in [0.5, 0.6) is 0 Å². The van der Waals surface area contributed by atoms with Gasteiger partial charge >= 0.3 is 0 Å². The van der Waals surface area contributed by atoms with Gasteiger partial charge in [0.2, 0.25) is 0 Å². The van der Waals surface area contributed by atoms with E-state index in [1.165, 1.54) is 0 Å². The first-order valence-corrected chi connectivity index (χ1v) is 7.00. The summed E-state index contributed by atoms with van der Waals surface area (Å²) in [6.07, 6.45) is 1.85. The number of aromatic nitrogens is 4. The van der Waals surface area contributed by atoms with Gasteiger partial charge in [-0.1, -0.05) is 25.2 Å². The van der Waals surface area contributed by atoms with Crippen molar-refractivity contribution in [2.45, 2.75) is 20.4 Å². The van der Waals surface area contributed by atoms with Crippen molar-refractivity contribution in [3.05, 3.63) is 11.0 Å². The molecule has 0 amide bonds. The van der Waals surface area contributed by atoms with E-state index < -0.39 is 0 Å². The van der Waals surface area contributed by atoms with Gasteiger partial charge in [-0.25, -0.2) is 4.98 Å². The lowest BCUT2D eigenvalue weighted by Crippen LogP contribution is -2.07. The lowest BCUT2D eigenvalue weighted by atomic mass is 10.2. The van der Waals surface area contributed by atoms with Crippen molar-refractivity contribution in [2.24, 2.45) is 5.92 Å². The molecule has 2 rings (SSSR count). The van der Waals surface area contributed by atoms with Crippen LogP contribution in [0.25, 0.3) is 10.7 Å². The topological polar surface area (TPSA) is 49.7 Å². The lowest BCUT2D eigenvalue weighted by Gasteiger charge is -2.08. The molecule has 0 aliphatic rings. The van der Waals surface area contributed by atoms with E-state index in [0.717, 1.165) is 22.4 Å². The fourth-order valence-electron chi connectivity index (χ4n) is 1.62. The Labute approximate surface area is 115 Å². The summed E-state index contributed by atoms with van der Waals surface area (Å²) in [5, 5.41) is 8.14. The van der Waals surface area contributed by atoms with E-state index in [0.29, 0.717) is 10.7 Å². The first-order chi connectivity index (χ1) is 8.49. The van der Waals surface area contributed by atoms with Gasteiger partial charge in [-0.15, -0.1) is 0 Å². The van der Waals surface area contributed by atoms with Crippen molar-refractivity contribution in [3.8, 4) is 10.7 Å². The predicted molar refractivity (Wildman–Crippen MR) is 77.7 cm³/mol. The molecule has 0 radical (unpaired) electrons. The van der Waals surface area contributed by atoms with Crippen LogP contribution < -0.4 is 4.90 Å². The third kappa shape index (κ3) is 2.62. The zero-order chi connectivity index (χ0) is 13.3. The highest BCUT2D eigenvalue weighted by Crippen LogP contribution is 2.29. The Morgan fingerprint density at radius 3 is 2.78 bits per heavy atom. The molecule has 0 unspecified atom stereocenters. The second-order valence-electron chi connectivity index (χ2n) is 4.76. The zero-order valence-corrected chi connectivity index (χ0v) is 12.6. The van der Waals surface area contributed by atoms with Crippen molar-refractivity contribution >= 4 is 28.7 Å². The molecule has 0 saturated heterocycles. The normalized spacial score (nSPS) is 11.2. The molecule has 0 bridgehead atoms. The molecule has 5 nitrogen and oxygen atoms in total. The van der Waals surface area contributed by atoms with Crippen LogP contribution in [0.4, 0.5) is 5.13 Å². The van der Waals surface area contributed by atoms with E-state index >= 15 is 0 Å². The van der Waals surface area contributed by atoms with Gasteiger partial charge in [0.05, 0.1) is 11.1 Å². The van der Waals surface area contributed by atoms with Gasteiger partial charge < -0.3 is 4.90 Å². The number of nitrogens with one attached hydrogen (secondary N) is 1. The summed E-state index contributed by atoms with van der Waals surface area (Å²) < 4.78 is 2.70. The van der Waals surface area contributed by atoms with E-state index in [-0.39, 0.29) is 0 Å². The maximum atomic E-state index is 5.27. The molecule has 2 heterocycles. The maximum absolute atomic E-state index is 5.27. The minimum absolute atomic E-state index is 0.522. The predicted octanol–water partition coefficient (Wildman–Crippen LogP) is 2.79. The van der Waals surface area contributed by atoms with Gasteiger partial charge in [-0.05, 0) is 18.1 Å². The summed E-state index contributed by atoms with van der Waals surface area (Å²) in [4.78, 5) is 7.39. The summed E-state index contributed by atoms with van der Waals surface area (Å²) >= 11 is 6.88. The number of aromatic amines is 1. The fraction of sp³-hybridized carbons (Fsp3) is 0.545. The summed E-state index contributed by atoms with van der Waals surface area (Å²) in [5.74, 6) is 1.40. The lowest BCUT2D eigenvalue weighted by molar-refractivity contribution is 0.522. The van der Waals surface area contributed by atoms with Gasteiger partial charge in [0.25, 0.3) is 0 Å². The molecule has 2 aromatic heterocycles. The summed E-state index contributed by atoms with van der Waals surface area (Å²) in [6, 6.07) is 0. The van der Waals surface area contributed by atoms with E-state index in [2.05, 4.69) is 29.0 Å². The Kier molecular flexibility index (Phi) is 3.82. The molecule has 0 spiro atoms. The van der Waals surface area contributed by atoms with Crippen LogP contribution in [0.1, 0.15) is 13.8 Å². The largest absolute Gasteiger partial charge is 0.354 e. The summed E-state index contributed by atoms with van der Waals surface area (Å²) in [5.41, 5.74) is 0. The van der Waals surface area contributed by atoms with Crippen molar-refractivity contribution in [1.82, 2.24) is 19.7 Å². The van der Waals surface area contributed by atoms with Crippen LogP contribution >= 0.6 is 23.6 Å². The zero-order valence-electron chi connectivity index (χ0n) is 11.0. The third-order valence-electron chi connectivity index (χ3n) is 2.40. The van der Waals surface area contributed by atoms with E-state index in [1.54, 1.807) is 11.3 Å². The Morgan fingerprint density at radius 1 is 1.50 bits per heavy atom. The molecule has 98 valence electrons. The third-order valence-corrected chi connectivity index (χ3v) is 3.88. The number of rotatable bonds is 4. The molecule has 0 fully saturated rings. The average molecular weight is 283 g/mol. The van der Waals surface area contributed by atoms with E-state index in [9.17, 15) is 0 Å². The monoisotopic (exact) mass is 283 g/mol. The first-order valence-electron chi connectivity index (χ1n) is 5.77. The highest BCUT2D eigenvalue weighted by Gasteiger charge is 2.13. The number of thiazole rings is 1. The highest BCUT2D eigenvalue weighted by atomic mass is 32.1. The number of hydrogen-bond donors (Lipinski definition) is 1. The summed E-state index contributed by atoms with van der Waals surface area (Å²) in [6.45, 7) is 5.19. The molecule has 0 atom stereocenters. The second-order valence-corrected chi connectivity index (χ2v) is 6.15. The average Bonchev–Trinajstić information content (AvgIpc) is 2.86. The van der Waals surface area contributed by atoms with Crippen molar-refractivity contribution in [2.75, 3.05) is 19.0 Å². The van der Waals surface area contributed by atoms with Crippen molar-refractivity contribution in [3.63, 3.8) is 0 Å². The van der Waals surface area contributed by atoms with Gasteiger partial charge in [-0.3, -0.25) is 9.67 Å². The van der Waals surface area contributed by atoms with Crippen molar-refractivity contribution in [1.29, 1.82) is 0 Å². The van der Waals surface area contributed by atoms with Gasteiger partial charge in [0.15, 0.2) is 15.7 Å². The number of hydrogen-bond acceptors (Lipinski definition) is 5. The standard InChI is InChI=1S/C11H17N5S2/c1-7(2)6-16-9(13-14-10(16)17)8-5-12-11(18-8)15(3)4/h5,7H,6H2,1-4H3,(H,14,17). The molecule has 18 heavy (non-hydrogen) atoms. The quantitative estimate of drug-likeness (QED) is 0.877. The minimum atomic E-state index is 0.522. The van der Waals surface area contributed by atoms with Gasteiger partial charge in [-0.2, -0.15) is 5.10 Å². The van der Waals surface area contributed by atoms with Crippen LogP contribution in [0.15, 0.2) is 6.20 Å². The molecule has 1 N–H and O–H groups in total. The molecule has 2 aromatic rings. The maximum Gasteiger partial charge on any atom is 0.195 e. The molecular weight excluding hydrogens is 266 g/mol. The van der Waals surface area contributed by atoms with Crippen LogP contribution in [-0.4, -0.2) is 33.8 Å². The Morgan fingerprint density at radius 2 is 2.22 bits per heavy atom. The van der Waals surface area contributed by atoms with E-state index in [4.69, 9.17) is 12.2 Å². The van der Waals surface area contributed by atoms with Crippen molar-refractivity contribution < 1.29 is 0 Å². The minimum Gasteiger partial charge on any atom is -0.354 e. The molecular formula is C11H17N5S2. The first kappa shape index (κ1) is 13.2. The van der Waals surface area contributed by atoms with Crippen LogP contribution in [0, 0.1) is 10.7 Å². The Balaban J connectivity index is 2.40. The number of anilines is 1. The van der Waals surface area contributed by atoms with Crippen LogP contribution in [0.3, 0.4) is 0 Å². The molecule has 7 heteroatoms. The van der Waals surface area contributed by atoms with Crippen LogP contribution in [0.2, 0.25) is 0 Å². The van der Waals surface area contributed by atoms with E-state index in [1.807, 2.05) is 29.8 Å². The molecule has 0 aromatic carbocycles. The highest BCUT2D eigenvalue weighted by molar-refractivity contribution is 7.71. The smallest absolute Gasteiger partial charge is 0.195 e. The molecule has 0 aliphatic carbocycles. The Bertz CT molecular complexity index is 578.